The van der Waals surface area contributed by atoms with Crippen molar-refractivity contribution in [3.05, 3.63) is 0 Å². The Bertz CT molecular complexity index is 105. The van der Waals surface area contributed by atoms with Crippen LogP contribution in [0, 0.1) is 0 Å². The summed E-state index contributed by atoms with van der Waals surface area (Å²) in [7, 11) is 1.51. The summed E-state index contributed by atoms with van der Waals surface area (Å²) in [5.41, 5.74) is 0. The molecule has 0 fully saturated rings. The highest BCUT2D eigenvalue weighted by atomic mass is 35.5. The molecule has 0 aromatic carbocycles. The van der Waals surface area contributed by atoms with Gasteiger partial charge in [-0.05, 0) is 0 Å². The van der Waals surface area contributed by atoms with Crippen molar-refractivity contribution in [2.45, 2.75) is 4.84 Å². The molecule has 5 heteroatoms. The van der Waals surface area contributed by atoms with E-state index in [1.165, 1.54) is 7.11 Å². The van der Waals surface area contributed by atoms with Crippen molar-refractivity contribution in [2.24, 2.45) is 0 Å². The van der Waals surface area contributed by atoms with Crippen molar-refractivity contribution in [1.29, 1.82) is 0 Å². The lowest BCUT2D eigenvalue weighted by Gasteiger charge is -2.02. The standard InChI is InChI=1S/C5H8Cl2O3/c1-9-2-3-10-5(8)4(6)7/h4H,2-3H2,1H3. The number of carbonyl (C=O) groups excluding carboxylic acids is 1. The normalized spacial score (nSPS) is 10.0. The van der Waals surface area contributed by atoms with E-state index < -0.39 is 10.8 Å². The highest BCUT2D eigenvalue weighted by molar-refractivity contribution is 6.52. The van der Waals surface area contributed by atoms with E-state index >= 15 is 0 Å². The number of ether oxygens (including phenoxy) is 2. The molecule has 0 radical (unpaired) electrons. The lowest BCUT2D eigenvalue weighted by atomic mass is 10.7. The molecule has 0 saturated heterocycles. The number of rotatable bonds is 4. The smallest absolute Gasteiger partial charge is 0.339 e. The third-order valence-corrected chi connectivity index (χ3v) is 1.07. The first-order chi connectivity index (χ1) is 4.68. The first-order valence-corrected chi connectivity index (χ1v) is 3.49. The van der Waals surface area contributed by atoms with Crippen LogP contribution in [0.15, 0.2) is 0 Å². The summed E-state index contributed by atoms with van der Waals surface area (Å²) in [4.78, 5) is 9.38. The molecule has 0 aromatic rings. The molecule has 0 atom stereocenters. The Morgan fingerprint density at radius 1 is 1.50 bits per heavy atom. The molecule has 10 heavy (non-hydrogen) atoms. The fourth-order valence-electron chi connectivity index (χ4n) is 0.289. The zero-order valence-electron chi connectivity index (χ0n) is 5.47. The van der Waals surface area contributed by atoms with Crippen LogP contribution in [0.5, 0.6) is 0 Å². The highest BCUT2D eigenvalue weighted by Crippen LogP contribution is 2.02. The van der Waals surface area contributed by atoms with Crippen molar-refractivity contribution in [3.8, 4) is 0 Å². The first-order valence-electron chi connectivity index (χ1n) is 2.62. The molecule has 0 aliphatic rings. The second-order valence-corrected chi connectivity index (χ2v) is 2.56. The molecule has 0 unspecified atom stereocenters. The van der Waals surface area contributed by atoms with Crippen molar-refractivity contribution < 1.29 is 14.3 Å². The number of hydrogen-bond donors (Lipinski definition) is 0. The summed E-state index contributed by atoms with van der Waals surface area (Å²) < 4.78 is 9.12. The minimum Gasteiger partial charge on any atom is -0.461 e. The van der Waals surface area contributed by atoms with E-state index in [1.54, 1.807) is 0 Å². The average molecular weight is 187 g/mol. The zero-order valence-corrected chi connectivity index (χ0v) is 6.98. The Morgan fingerprint density at radius 2 is 2.10 bits per heavy atom. The fraction of sp³-hybridized carbons (Fsp3) is 0.800. The molecule has 3 nitrogen and oxygen atoms in total. The topological polar surface area (TPSA) is 35.5 Å². The van der Waals surface area contributed by atoms with Gasteiger partial charge in [-0.1, -0.05) is 23.2 Å². The third-order valence-electron chi connectivity index (χ3n) is 0.710. The number of esters is 1. The maximum Gasteiger partial charge on any atom is 0.339 e. The minimum absolute atomic E-state index is 0.186. The lowest BCUT2D eigenvalue weighted by Crippen LogP contribution is -2.15. The van der Waals surface area contributed by atoms with Crippen molar-refractivity contribution in [2.75, 3.05) is 20.3 Å². The molecular formula is C5H8Cl2O3. The Morgan fingerprint density at radius 3 is 2.50 bits per heavy atom. The first kappa shape index (κ1) is 10.0. The van der Waals surface area contributed by atoms with Crippen LogP contribution >= 0.6 is 23.2 Å². The molecule has 0 spiro atoms. The van der Waals surface area contributed by atoms with E-state index in [9.17, 15) is 4.79 Å². The summed E-state index contributed by atoms with van der Waals surface area (Å²) in [5, 5.41) is 0. The van der Waals surface area contributed by atoms with Crippen LogP contribution in [0.1, 0.15) is 0 Å². The number of alkyl halides is 2. The predicted molar refractivity (Wildman–Crippen MR) is 38.3 cm³/mol. The van der Waals surface area contributed by atoms with Gasteiger partial charge in [0.05, 0.1) is 6.61 Å². The SMILES string of the molecule is COCCOC(=O)C(Cl)Cl. The molecule has 0 N–H and O–H groups in total. The summed E-state index contributed by atoms with van der Waals surface area (Å²) in [6, 6.07) is 0. The van der Waals surface area contributed by atoms with E-state index in [4.69, 9.17) is 23.2 Å². The predicted octanol–water partition coefficient (Wildman–Crippen LogP) is 0.980. The molecule has 0 heterocycles. The van der Waals surface area contributed by atoms with Gasteiger partial charge in [0.1, 0.15) is 6.61 Å². The maximum atomic E-state index is 10.5. The van der Waals surface area contributed by atoms with Gasteiger partial charge >= 0.3 is 5.97 Å². The van der Waals surface area contributed by atoms with Gasteiger partial charge in [-0.15, -0.1) is 0 Å². The Hall–Kier alpha value is 0.01000. The number of halogens is 2. The van der Waals surface area contributed by atoms with Gasteiger partial charge in [-0.2, -0.15) is 0 Å². The molecule has 0 rings (SSSR count). The van der Waals surface area contributed by atoms with Crippen LogP contribution in [-0.2, 0) is 14.3 Å². The fourth-order valence-corrected chi connectivity index (χ4v) is 0.415. The van der Waals surface area contributed by atoms with Crippen LogP contribution in [0.3, 0.4) is 0 Å². The largest absolute Gasteiger partial charge is 0.461 e. The number of carbonyl (C=O) groups is 1. The van der Waals surface area contributed by atoms with Gasteiger partial charge in [0.2, 0.25) is 4.84 Å². The maximum absolute atomic E-state index is 10.5. The van der Waals surface area contributed by atoms with Crippen LogP contribution in [-0.4, -0.2) is 31.1 Å². The second-order valence-electron chi connectivity index (χ2n) is 1.46. The zero-order chi connectivity index (χ0) is 7.98. The van der Waals surface area contributed by atoms with Crippen LogP contribution < -0.4 is 0 Å². The summed E-state index contributed by atoms with van der Waals surface area (Å²) in [6.07, 6.45) is 0. The van der Waals surface area contributed by atoms with E-state index in [2.05, 4.69) is 9.47 Å². The molecule has 0 amide bonds. The van der Waals surface area contributed by atoms with E-state index in [0.717, 1.165) is 0 Å². The molecule has 0 aromatic heterocycles. The monoisotopic (exact) mass is 186 g/mol. The van der Waals surface area contributed by atoms with Gasteiger partial charge < -0.3 is 9.47 Å². The quantitative estimate of drug-likeness (QED) is 0.373. The summed E-state index contributed by atoms with van der Waals surface area (Å²) in [5.74, 6) is -0.639. The molecule has 60 valence electrons. The summed E-state index contributed by atoms with van der Waals surface area (Å²) >= 11 is 10.3. The van der Waals surface area contributed by atoms with E-state index in [1.807, 2.05) is 0 Å². The summed E-state index contributed by atoms with van der Waals surface area (Å²) in [6.45, 7) is 0.539. The molecule has 0 bridgehead atoms. The van der Waals surface area contributed by atoms with Gasteiger partial charge in [0.15, 0.2) is 0 Å². The number of methoxy groups -OCH3 is 1. The lowest BCUT2D eigenvalue weighted by molar-refractivity contribution is -0.142. The molecule has 0 aliphatic carbocycles. The van der Waals surface area contributed by atoms with Crippen molar-refractivity contribution in [3.63, 3.8) is 0 Å². The van der Waals surface area contributed by atoms with Crippen LogP contribution in [0.4, 0.5) is 0 Å². The minimum atomic E-state index is -1.10. The van der Waals surface area contributed by atoms with Gasteiger partial charge in [-0.25, -0.2) is 4.79 Å². The molecular weight excluding hydrogens is 179 g/mol. The van der Waals surface area contributed by atoms with Crippen LogP contribution in [0.2, 0.25) is 0 Å². The van der Waals surface area contributed by atoms with Gasteiger partial charge in [0.25, 0.3) is 0 Å². The Balaban J connectivity index is 3.22. The highest BCUT2D eigenvalue weighted by Gasteiger charge is 2.11. The average Bonchev–Trinajstić information content (AvgIpc) is 1.88. The van der Waals surface area contributed by atoms with Gasteiger partial charge in [-0.3, -0.25) is 0 Å². The van der Waals surface area contributed by atoms with E-state index in [0.29, 0.717) is 6.61 Å². The second kappa shape index (κ2) is 5.77. The van der Waals surface area contributed by atoms with Gasteiger partial charge in [0, 0.05) is 7.11 Å². The molecule has 0 saturated carbocycles. The third kappa shape index (κ3) is 4.85. The van der Waals surface area contributed by atoms with Crippen LogP contribution in [0.25, 0.3) is 0 Å². The Labute approximate surface area is 69.2 Å². The van der Waals surface area contributed by atoms with E-state index in [-0.39, 0.29) is 6.61 Å². The molecule has 0 aliphatic heterocycles. The van der Waals surface area contributed by atoms with Crippen molar-refractivity contribution >= 4 is 29.2 Å². The number of hydrogen-bond acceptors (Lipinski definition) is 3. The van der Waals surface area contributed by atoms with Crippen molar-refractivity contribution in [1.82, 2.24) is 0 Å². The Kier molecular flexibility index (Phi) is 5.78.